The van der Waals surface area contributed by atoms with E-state index in [1.807, 2.05) is 61.5 Å². The van der Waals surface area contributed by atoms with Gasteiger partial charge in [-0.1, -0.05) is 48.5 Å². The van der Waals surface area contributed by atoms with Gasteiger partial charge in [-0.15, -0.1) is 0 Å². The van der Waals surface area contributed by atoms with Gasteiger partial charge in [0.2, 0.25) is 0 Å². The van der Waals surface area contributed by atoms with Crippen molar-refractivity contribution in [3.63, 3.8) is 0 Å². The summed E-state index contributed by atoms with van der Waals surface area (Å²) in [5.41, 5.74) is 4.19. The molecule has 0 aliphatic carbocycles. The molecule has 0 radical (unpaired) electrons. The molecular formula is C21H19O3S2-. The van der Waals surface area contributed by atoms with Gasteiger partial charge >= 0.3 is 0 Å². The van der Waals surface area contributed by atoms with E-state index in [0.717, 1.165) is 28.0 Å². The highest BCUT2D eigenvalue weighted by Crippen LogP contribution is 2.21. The third-order valence-corrected chi connectivity index (χ3v) is 5.58. The van der Waals surface area contributed by atoms with Crippen molar-refractivity contribution >= 4 is 20.0 Å². The number of aryl methyl sites for hydroxylation is 1. The van der Waals surface area contributed by atoms with Crippen LogP contribution in [0.3, 0.4) is 0 Å². The number of benzene rings is 3. The summed E-state index contributed by atoms with van der Waals surface area (Å²) in [6.07, 6.45) is 0.642. The van der Waals surface area contributed by atoms with Crippen LogP contribution in [-0.2, 0) is 33.0 Å². The van der Waals surface area contributed by atoms with Gasteiger partial charge in [0.1, 0.15) is 12.4 Å². The van der Waals surface area contributed by atoms with Gasteiger partial charge in [0.15, 0.2) is 0 Å². The topological polar surface area (TPSA) is 49.4 Å². The maximum absolute atomic E-state index is 11.6. The fraction of sp³-hybridized carbons (Fsp3) is 0.143. The van der Waals surface area contributed by atoms with Gasteiger partial charge in [-0.3, -0.25) is 4.21 Å². The van der Waals surface area contributed by atoms with Gasteiger partial charge in [-0.2, -0.15) is 0 Å². The monoisotopic (exact) mass is 383 g/mol. The quantitative estimate of drug-likeness (QED) is 0.633. The molecule has 0 aromatic heterocycles. The van der Waals surface area contributed by atoms with Gasteiger partial charge < -0.3 is 9.29 Å². The van der Waals surface area contributed by atoms with E-state index in [1.165, 1.54) is 0 Å². The number of hydrogen-bond acceptors (Lipinski definition) is 4. The van der Waals surface area contributed by atoms with E-state index in [1.54, 1.807) is 18.2 Å². The second-order valence-electron chi connectivity index (χ2n) is 6.14. The van der Waals surface area contributed by atoms with Crippen molar-refractivity contribution in [2.45, 2.75) is 24.8 Å². The molecular weight excluding hydrogens is 364 g/mol. The number of rotatable bonds is 6. The summed E-state index contributed by atoms with van der Waals surface area (Å²) in [7, 11) is -3.61. The lowest BCUT2D eigenvalue weighted by Gasteiger charge is -2.14. The molecule has 1 unspecified atom stereocenters. The predicted octanol–water partition coefficient (Wildman–Crippen LogP) is 4.40. The zero-order valence-corrected chi connectivity index (χ0v) is 16.0. The smallest absolute Gasteiger partial charge is 0.119 e. The first kappa shape index (κ1) is 18.6. The lowest BCUT2D eigenvalue weighted by atomic mass is 10.0. The molecule has 3 aromatic rings. The summed E-state index contributed by atoms with van der Waals surface area (Å²) in [5.74, 6) is 0.802. The zero-order valence-electron chi connectivity index (χ0n) is 14.4. The Labute approximate surface area is 159 Å². The maximum Gasteiger partial charge on any atom is 0.119 e. The van der Waals surface area contributed by atoms with Crippen molar-refractivity contribution < 1.29 is 13.5 Å². The number of ether oxygens (including phenoxy) is 1. The molecule has 0 N–H and O–H groups in total. The molecule has 0 saturated heterocycles. The van der Waals surface area contributed by atoms with Gasteiger partial charge in [0, 0.05) is 4.90 Å². The van der Waals surface area contributed by atoms with Crippen molar-refractivity contribution in [1.82, 2.24) is 0 Å². The molecule has 26 heavy (non-hydrogen) atoms. The van der Waals surface area contributed by atoms with Crippen LogP contribution < -0.4 is 4.74 Å². The van der Waals surface area contributed by atoms with E-state index < -0.39 is 8.77 Å². The van der Waals surface area contributed by atoms with Crippen molar-refractivity contribution in [3.05, 3.63) is 95.1 Å². The van der Waals surface area contributed by atoms with Crippen LogP contribution in [0.4, 0.5) is 0 Å². The summed E-state index contributed by atoms with van der Waals surface area (Å²) in [6, 6.07) is 22.9. The Kier molecular flexibility index (Phi) is 5.71. The molecule has 134 valence electrons. The Morgan fingerprint density at radius 2 is 1.65 bits per heavy atom. The first-order chi connectivity index (χ1) is 12.4. The molecule has 3 aromatic carbocycles. The van der Waals surface area contributed by atoms with E-state index in [-0.39, 0.29) is 4.90 Å². The van der Waals surface area contributed by atoms with Crippen LogP contribution in [-0.4, -0.2) is 8.76 Å². The highest BCUT2D eigenvalue weighted by Gasteiger charge is 2.05. The van der Waals surface area contributed by atoms with Gasteiger partial charge in [-0.05, 0) is 79.8 Å². The molecule has 0 fully saturated rings. The van der Waals surface area contributed by atoms with Crippen LogP contribution in [0.1, 0.15) is 22.3 Å². The molecule has 0 aliphatic rings. The average Bonchev–Trinajstić information content (AvgIpc) is 2.63. The molecule has 0 aliphatic heterocycles. The Morgan fingerprint density at radius 3 is 2.31 bits per heavy atom. The van der Waals surface area contributed by atoms with E-state index in [2.05, 4.69) is 11.2 Å². The third-order valence-electron chi connectivity index (χ3n) is 4.18. The van der Waals surface area contributed by atoms with E-state index in [9.17, 15) is 8.76 Å². The number of hydrogen-bond donors (Lipinski definition) is 0. The molecule has 3 rings (SSSR count). The maximum atomic E-state index is 11.6. The van der Waals surface area contributed by atoms with Gasteiger partial charge in [0.25, 0.3) is 0 Å². The second-order valence-corrected chi connectivity index (χ2v) is 8.83. The fourth-order valence-corrected chi connectivity index (χ4v) is 3.49. The van der Waals surface area contributed by atoms with E-state index in [4.69, 9.17) is 4.74 Å². The molecule has 1 atom stereocenters. The molecule has 0 heterocycles. The summed E-state index contributed by atoms with van der Waals surface area (Å²) >= 11 is 4.56. The minimum Gasteiger partial charge on any atom is -0.766 e. The van der Waals surface area contributed by atoms with Crippen molar-refractivity contribution in [2.24, 2.45) is 0 Å². The zero-order chi connectivity index (χ0) is 18.6. The molecule has 0 amide bonds. The van der Waals surface area contributed by atoms with Crippen LogP contribution >= 0.6 is 0 Å². The van der Waals surface area contributed by atoms with Crippen LogP contribution in [0.15, 0.2) is 77.7 Å². The Hall–Kier alpha value is -2.21. The lowest BCUT2D eigenvalue weighted by molar-refractivity contribution is 0.306. The first-order valence-electron chi connectivity index (χ1n) is 8.23. The van der Waals surface area contributed by atoms with E-state index >= 15 is 0 Å². The molecule has 0 bridgehead atoms. The standard InChI is InChI=1S/C21H20O3S2/c1-16-7-12-21(26(22,23)25)14-19(16)13-17-8-10-20(11-9-17)24-15-18-5-3-2-4-6-18/h2-12,14H,13,15H2,1H3,(H,22,23,25)/p-1. The summed E-state index contributed by atoms with van der Waals surface area (Å²) in [6.45, 7) is 2.49. The van der Waals surface area contributed by atoms with E-state index in [0.29, 0.717) is 13.0 Å². The minimum atomic E-state index is -3.61. The molecule has 0 saturated carbocycles. The summed E-state index contributed by atoms with van der Waals surface area (Å²) < 4.78 is 29.0. The Bertz CT molecular complexity index is 980. The highest BCUT2D eigenvalue weighted by atomic mass is 32.8. The van der Waals surface area contributed by atoms with Crippen molar-refractivity contribution in [3.8, 4) is 5.75 Å². The molecule has 3 nitrogen and oxygen atoms in total. The normalized spacial score (nSPS) is 13.2. The average molecular weight is 384 g/mol. The highest BCUT2D eigenvalue weighted by molar-refractivity contribution is 8.29. The van der Waals surface area contributed by atoms with Gasteiger partial charge in [0.05, 0.1) is 0 Å². The van der Waals surface area contributed by atoms with Gasteiger partial charge in [-0.25, -0.2) is 0 Å². The predicted molar refractivity (Wildman–Crippen MR) is 106 cm³/mol. The third kappa shape index (κ3) is 4.91. The summed E-state index contributed by atoms with van der Waals surface area (Å²) in [5, 5.41) is 0. The van der Waals surface area contributed by atoms with Crippen LogP contribution in [0.2, 0.25) is 0 Å². The lowest BCUT2D eigenvalue weighted by Crippen LogP contribution is -2.00. The SMILES string of the molecule is Cc1ccc(S(=O)([O-])=S)cc1Cc1ccc(OCc2ccccc2)cc1. The van der Waals surface area contributed by atoms with Crippen molar-refractivity contribution in [1.29, 1.82) is 0 Å². The molecule has 0 spiro atoms. The van der Waals surface area contributed by atoms with Crippen LogP contribution in [0.5, 0.6) is 5.75 Å². The summed E-state index contributed by atoms with van der Waals surface area (Å²) in [4.78, 5) is 0.177. The van der Waals surface area contributed by atoms with Crippen molar-refractivity contribution in [2.75, 3.05) is 0 Å². The van der Waals surface area contributed by atoms with Crippen LogP contribution in [0, 0.1) is 6.92 Å². The second kappa shape index (κ2) is 7.99. The Morgan fingerprint density at radius 1 is 0.962 bits per heavy atom. The Balaban J connectivity index is 1.70. The molecule has 5 heteroatoms. The first-order valence-corrected chi connectivity index (χ1v) is 10.6. The van der Waals surface area contributed by atoms with Crippen LogP contribution in [0.25, 0.3) is 0 Å². The minimum absolute atomic E-state index is 0.177. The fourth-order valence-electron chi connectivity index (χ4n) is 2.66. The largest absolute Gasteiger partial charge is 0.766 e.